The van der Waals surface area contributed by atoms with E-state index in [0.29, 0.717) is 24.5 Å². The van der Waals surface area contributed by atoms with Crippen molar-refractivity contribution in [2.75, 3.05) is 5.32 Å². The first-order valence-electron chi connectivity index (χ1n) is 6.29. The molecule has 1 aromatic heterocycles. The van der Waals surface area contributed by atoms with Crippen molar-refractivity contribution in [3.63, 3.8) is 0 Å². The van der Waals surface area contributed by atoms with Crippen LogP contribution in [0, 0.1) is 6.92 Å². The van der Waals surface area contributed by atoms with E-state index in [2.05, 4.69) is 36.8 Å². The van der Waals surface area contributed by atoms with Gasteiger partial charge in [0, 0.05) is 16.2 Å². The number of rotatable bonds is 5. The summed E-state index contributed by atoms with van der Waals surface area (Å²) in [6.45, 7) is 2.68. The molecule has 5 nitrogen and oxygen atoms in total. The molecule has 2 N–H and O–H groups in total. The molecule has 0 spiro atoms. The topological polar surface area (TPSA) is 63.0 Å². The number of nitrogens with one attached hydrogen (secondary N) is 2. The van der Waals surface area contributed by atoms with Crippen LogP contribution in [-0.4, -0.2) is 16.2 Å². The van der Waals surface area contributed by atoms with Gasteiger partial charge in [-0.2, -0.15) is 0 Å². The number of nitrogens with zero attached hydrogens (tertiary/aromatic N) is 2. The summed E-state index contributed by atoms with van der Waals surface area (Å²) in [4.78, 5) is 0. The Morgan fingerprint density at radius 3 is 2.95 bits per heavy atom. The first kappa shape index (κ1) is 12.6. The molecule has 0 saturated heterocycles. The lowest BCUT2D eigenvalue weighted by Crippen LogP contribution is -2.15. The number of hydrogen-bond donors (Lipinski definition) is 2. The lowest BCUT2D eigenvalue weighted by molar-refractivity contribution is 0.478. The summed E-state index contributed by atoms with van der Waals surface area (Å²) in [5.41, 5.74) is 2.10. The Hall–Kier alpha value is -1.40. The predicted octanol–water partition coefficient (Wildman–Crippen LogP) is 3.14. The van der Waals surface area contributed by atoms with Crippen molar-refractivity contribution in [3.8, 4) is 0 Å². The summed E-state index contributed by atoms with van der Waals surface area (Å²) in [7, 11) is 0. The van der Waals surface area contributed by atoms with E-state index in [1.54, 1.807) is 0 Å². The average Bonchev–Trinajstić information content (AvgIpc) is 3.12. The molecule has 100 valence electrons. The Kier molecular flexibility index (Phi) is 3.52. The Morgan fingerprint density at radius 2 is 2.21 bits per heavy atom. The summed E-state index contributed by atoms with van der Waals surface area (Å²) in [5, 5.41) is 14.4. The average molecular weight is 323 g/mol. The van der Waals surface area contributed by atoms with Crippen molar-refractivity contribution in [1.82, 2.24) is 15.5 Å². The molecule has 19 heavy (non-hydrogen) atoms. The van der Waals surface area contributed by atoms with Gasteiger partial charge in [-0.25, -0.2) is 0 Å². The zero-order chi connectivity index (χ0) is 13.2. The van der Waals surface area contributed by atoms with Gasteiger partial charge in [0.2, 0.25) is 5.89 Å². The highest BCUT2D eigenvalue weighted by Gasteiger charge is 2.21. The lowest BCUT2D eigenvalue weighted by atomic mass is 10.2. The van der Waals surface area contributed by atoms with Gasteiger partial charge in [-0.3, -0.25) is 0 Å². The fourth-order valence-corrected chi connectivity index (χ4v) is 2.07. The number of halogens is 1. The largest absolute Gasteiger partial charge is 0.406 e. The van der Waals surface area contributed by atoms with E-state index in [4.69, 9.17) is 4.42 Å². The van der Waals surface area contributed by atoms with Crippen LogP contribution in [0.25, 0.3) is 0 Å². The molecule has 2 aromatic rings. The molecule has 1 heterocycles. The van der Waals surface area contributed by atoms with E-state index < -0.39 is 0 Å². The third kappa shape index (κ3) is 3.33. The van der Waals surface area contributed by atoms with Gasteiger partial charge in [0.25, 0.3) is 0 Å². The summed E-state index contributed by atoms with van der Waals surface area (Å²) in [6.07, 6.45) is 2.49. The van der Waals surface area contributed by atoms with Gasteiger partial charge in [-0.05, 0) is 37.5 Å². The molecule has 6 heteroatoms. The maximum atomic E-state index is 5.52. The van der Waals surface area contributed by atoms with Crippen LogP contribution in [0.5, 0.6) is 0 Å². The van der Waals surface area contributed by atoms with Crippen LogP contribution in [0.15, 0.2) is 27.1 Å². The molecular weight excluding hydrogens is 308 g/mol. The van der Waals surface area contributed by atoms with Crippen molar-refractivity contribution < 1.29 is 4.42 Å². The number of aryl methyl sites for hydroxylation is 1. The van der Waals surface area contributed by atoms with Crippen LogP contribution in [0.4, 0.5) is 11.7 Å². The fourth-order valence-electron chi connectivity index (χ4n) is 1.69. The van der Waals surface area contributed by atoms with Gasteiger partial charge < -0.3 is 15.1 Å². The van der Waals surface area contributed by atoms with Crippen LogP contribution in [0.1, 0.15) is 24.3 Å². The second-order valence-electron chi connectivity index (χ2n) is 4.75. The Labute approximate surface area is 119 Å². The highest BCUT2D eigenvalue weighted by atomic mass is 79.9. The second kappa shape index (κ2) is 5.30. The van der Waals surface area contributed by atoms with Gasteiger partial charge in [0.05, 0.1) is 6.54 Å². The van der Waals surface area contributed by atoms with E-state index in [1.807, 2.05) is 25.1 Å². The normalized spacial score (nSPS) is 14.6. The van der Waals surface area contributed by atoms with E-state index in [0.717, 1.165) is 10.2 Å². The maximum Gasteiger partial charge on any atom is 0.320 e. The van der Waals surface area contributed by atoms with Crippen molar-refractivity contribution >= 4 is 27.6 Å². The first-order chi connectivity index (χ1) is 9.20. The number of hydrogen-bond acceptors (Lipinski definition) is 5. The Bertz CT molecular complexity index is 580. The second-order valence-corrected chi connectivity index (χ2v) is 5.60. The lowest BCUT2D eigenvalue weighted by Gasteiger charge is -2.03. The third-order valence-electron chi connectivity index (χ3n) is 3.01. The third-order valence-corrected chi connectivity index (χ3v) is 3.86. The van der Waals surface area contributed by atoms with Crippen LogP contribution < -0.4 is 10.6 Å². The Morgan fingerprint density at radius 1 is 1.37 bits per heavy atom. The van der Waals surface area contributed by atoms with Gasteiger partial charge in [0.15, 0.2) is 0 Å². The molecule has 1 saturated carbocycles. The van der Waals surface area contributed by atoms with Crippen molar-refractivity contribution in [3.05, 3.63) is 34.1 Å². The monoisotopic (exact) mass is 322 g/mol. The zero-order valence-corrected chi connectivity index (χ0v) is 12.2. The minimum absolute atomic E-state index is 0.420. The molecule has 0 aliphatic heterocycles. The predicted molar refractivity (Wildman–Crippen MR) is 76.3 cm³/mol. The van der Waals surface area contributed by atoms with E-state index in [-0.39, 0.29) is 0 Å². The van der Waals surface area contributed by atoms with E-state index >= 15 is 0 Å². The van der Waals surface area contributed by atoms with Crippen LogP contribution >= 0.6 is 15.9 Å². The molecule has 1 aliphatic carbocycles. The standard InChI is InChI=1S/C13H15BrN4O/c1-8-2-3-10(6-11(8)14)16-13-18-17-12(19-13)7-15-9-4-5-9/h2-3,6,9,15H,4-5,7H2,1H3,(H,16,18). The van der Waals surface area contributed by atoms with Crippen molar-refractivity contribution in [2.45, 2.75) is 32.4 Å². The van der Waals surface area contributed by atoms with Crippen LogP contribution in [-0.2, 0) is 6.54 Å². The summed E-state index contributed by atoms with van der Waals surface area (Å²) in [6, 6.07) is 7.05. The SMILES string of the molecule is Cc1ccc(Nc2nnc(CNC3CC3)o2)cc1Br. The van der Waals surface area contributed by atoms with Gasteiger partial charge in [-0.1, -0.05) is 27.1 Å². The van der Waals surface area contributed by atoms with E-state index in [1.165, 1.54) is 18.4 Å². The van der Waals surface area contributed by atoms with Crippen LogP contribution in [0.3, 0.4) is 0 Å². The quantitative estimate of drug-likeness (QED) is 0.885. The van der Waals surface area contributed by atoms with Crippen molar-refractivity contribution in [2.24, 2.45) is 0 Å². The molecule has 0 amide bonds. The minimum atomic E-state index is 0.420. The smallest absolute Gasteiger partial charge is 0.320 e. The highest BCUT2D eigenvalue weighted by Crippen LogP contribution is 2.23. The van der Waals surface area contributed by atoms with Gasteiger partial charge in [-0.15, -0.1) is 5.10 Å². The molecule has 0 bridgehead atoms. The highest BCUT2D eigenvalue weighted by molar-refractivity contribution is 9.10. The number of anilines is 2. The molecule has 0 atom stereocenters. The molecule has 0 radical (unpaired) electrons. The number of aromatic nitrogens is 2. The molecule has 3 rings (SSSR count). The first-order valence-corrected chi connectivity index (χ1v) is 7.09. The minimum Gasteiger partial charge on any atom is -0.406 e. The van der Waals surface area contributed by atoms with Crippen LogP contribution in [0.2, 0.25) is 0 Å². The van der Waals surface area contributed by atoms with Gasteiger partial charge in [0.1, 0.15) is 0 Å². The van der Waals surface area contributed by atoms with Crippen molar-refractivity contribution in [1.29, 1.82) is 0 Å². The summed E-state index contributed by atoms with van der Waals surface area (Å²) < 4.78 is 6.57. The fraction of sp³-hybridized carbons (Fsp3) is 0.385. The van der Waals surface area contributed by atoms with Gasteiger partial charge >= 0.3 is 6.01 Å². The Balaban J connectivity index is 1.63. The number of benzene rings is 1. The molecule has 1 aliphatic rings. The molecule has 1 aromatic carbocycles. The van der Waals surface area contributed by atoms with E-state index in [9.17, 15) is 0 Å². The molecular formula is C13H15BrN4O. The zero-order valence-electron chi connectivity index (χ0n) is 10.6. The molecule has 0 unspecified atom stereocenters. The summed E-state index contributed by atoms with van der Waals surface area (Å²) >= 11 is 3.50. The molecule has 1 fully saturated rings. The maximum absolute atomic E-state index is 5.52. The summed E-state index contributed by atoms with van der Waals surface area (Å²) in [5.74, 6) is 0.612.